The first kappa shape index (κ1) is 27.9. The van der Waals surface area contributed by atoms with Gasteiger partial charge in [-0.2, -0.15) is 0 Å². The summed E-state index contributed by atoms with van der Waals surface area (Å²) < 4.78 is 17.1. The molecule has 188 valence electrons. The van der Waals surface area contributed by atoms with Crippen LogP contribution in [-0.4, -0.2) is 25.3 Å². The fourth-order valence-corrected chi connectivity index (χ4v) is 3.78. The highest BCUT2D eigenvalue weighted by Crippen LogP contribution is 2.26. The molecule has 0 bridgehead atoms. The maximum Gasteiger partial charge on any atom is 0.335 e. The Morgan fingerprint density at radius 1 is 0.706 bits per heavy atom. The van der Waals surface area contributed by atoms with E-state index in [9.17, 15) is 4.79 Å². The maximum atomic E-state index is 12.3. The standard InChI is InChI=1S/C30H44O4/c1-5-7-9-10-11-13-23-33-29-20-18-28(19-21-29)27-16-14-26(15-17-27)24(3)34-30(31)25(4)32-22-12-8-6-2/h14-21,24-25H,5-13,22-23H2,1-4H3. The van der Waals surface area contributed by atoms with E-state index in [1.807, 2.05) is 31.2 Å². The number of benzene rings is 2. The number of unbranched alkanes of at least 4 members (excludes halogenated alkanes) is 7. The summed E-state index contributed by atoms with van der Waals surface area (Å²) in [5, 5.41) is 0. The van der Waals surface area contributed by atoms with Gasteiger partial charge in [0, 0.05) is 6.61 Å². The molecular weight excluding hydrogens is 424 g/mol. The predicted molar refractivity (Wildman–Crippen MR) is 140 cm³/mol. The fourth-order valence-electron chi connectivity index (χ4n) is 3.78. The van der Waals surface area contributed by atoms with Crippen molar-refractivity contribution in [2.24, 2.45) is 0 Å². The van der Waals surface area contributed by atoms with Crippen LogP contribution in [0.3, 0.4) is 0 Å². The third-order valence-corrected chi connectivity index (χ3v) is 6.07. The van der Waals surface area contributed by atoms with Crippen molar-refractivity contribution in [2.45, 2.75) is 97.7 Å². The van der Waals surface area contributed by atoms with Gasteiger partial charge in [0.05, 0.1) is 6.61 Å². The number of hydrogen-bond donors (Lipinski definition) is 0. The Labute approximate surface area is 207 Å². The molecule has 0 amide bonds. The smallest absolute Gasteiger partial charge is 0.335 e. The first-order valence-electron chi connectivity index (χ1n) is 13.2. The second-order valence-corrected chi connectivity index (χ2v) is 9.06. The summed E-state index contributed by atoms with van der Waals surface area (Å²) in [5.41, 5.74) is 3.23. The first-order valence-corrected chi connectivity index (χ1v) is 13.2. The molecule has 2 unspecified atom stereocenters. The van der Waals surface area contributed by atoms with Gasteiger partial charge in [-0.3, -0.25) is 0 Å². The topological polar surface area (TPSA) is 44.8 Å². The lowest BCUT2D eigenvalue weighted by atomic mass is 10.0. The van der Waals surface area contributed by atoms with Gasteiger partial charge < -0.3 is 14.2 Å². The Morgan fingerprint density at radius 2 is 1.24 bits per heavy atom. The monoisotopic (exact) mass is 468 g/mol. The zero-order valence-corrected chi connectivity index (χ0v) is 21.7. The van der Waals surface area contributed by atoms with Gasteiger partial charge in [0.2, 0.25) is 0 Å². The molecule has 0 aromatic heterocycles. The summed E-state index contributed by atoms with van der Waals surface area (Å²) >= 11 is 0. The normalized spacial score (nSPS) is 12.8. The molecule has 0 saturated carbocycles. The molecule has 0 spiro atoms. The minimum absolute atomic E-state index is 0.315. The minimum atomic E-state index is -0.541. The van der Waals surface area contributed by atoms with Crippen molar-refractivity contribution in [2.75, 3.05) is 13.2 Å². The molecule has 0 saturated heterocycles. The highest BCUT2D eigenvalue weighted by molar-refractivity contribution is 5.74. The summed E-state index contributed by atoms with van der Waals surface area (Å²) in [4.78, 5) is 12.3. The highest BCUT2D eigenvalue weighted by Gasteiger charge is 2.19. The van der Waals surface area contributed by atoms with Gasteiger partial charge in [0.15, 0.2) is 6.10 Å². The van der Waals surface area contributed by atoms with Gasteiger partial charge in [0.1, 0.15) is 11.9 Å². The summed E-state index contributed by atoms with van der Waals surface area (Å²) in [6.07, 6.45) is 9.95. The van der Waals surface area contributed by atoms with Crippen molar-refractivity contribution in [1.29, 1.82) is 0 Å². The molecule has 34 heavy (non-hydrogen) atoms. The Morgan fingerprint density at radius 3 is 1.88 bits per heavy atom. The molecule has 4 nitrogen and oxygen atoms in total. The molecule has 0 aliphatic rings. The van der Waals surface area contributed by atoms with Crippen LogP contribution in [0.5, 0.6) is 5.75 Å². The summed E-state index contributed by atoms with van der Waals surface area (Å²) in [6.45, 7) is 9.41. The third kappa shape index (κ3) is 10.3. The molecule has 0 heterocycles. The third-order valence-electron chi connectivity index (χ3n) is 6.07. The van der Waals surface area contributed by atoms with Crippen LogP contribution in [0, 0.1) is 0 Å². The molecule has 0 aliphatic heterocycles. The van der Waals surface area contributed by atoms with Crippen LogP contribution < -0.4 is 4.74 Å². The average Bonchev–Trinajstić information content (AvgIpc) is 2.86. The molecule has 2 aromatic carbocycles. The average molecular weight is 469 g/mol. The van der Waals surface area contributed by atoms with Gasteiger partial charge >= 0.3 is 5.97 Å². The second kappa shape index (κ2) is 16.3. The molecule has 2 rings (SSSR count). The molecule has 2 aromatic rings. The molecule has 0 aliphatic carbocycles. The Balaban J connectivity index is 1.78. The lowest BCUT2D eigenvalue weighted by molar-refractivity contribution is -0.161. The van der Waals surface area contributed by atoms with Gasteiger partial charge in [0.25, 0.3) is 0 Å². The van der Waals surface area contributed by atoms with Crippen molar-refractivity contribution in [3.63, 3.8) is 0 Å². The number of hydrogen-bond acceptors (Lipinski definition) is 4. The van der Waals surface area contributed by atoms with Crippen molar-refractivity contribution in [3.8, 4) is 16.9 Å². The number of esters is 1. The van der Waals surface area contributed by atoms with Crippen molar-refractivity contribution in [1.82, 2.24) is 0 Å². The second-order valence-electron chi connectivity index (χ2n) is 9.06. The van der Waals surface area contributed by atoms with Crippen molar-refractivity contribution >= 4 is 5.97 Å². The van der Waals surface area contributed by atoms with Crippen LogP contribution in [0.2, 0.25) is 0 Å². The molecule has 0 radical (unpaired) electrons. The number of rotatable bonds is 17. The van der Waals surface area contributed by atoms with Gasteiger partial charge in [-0.1, -0.05) is 95.2 Å². The van der Waals surface area contributed by atoms with E-state index in [0.29, 0.717) is 6.61 Å². The minimum Gasteiger partial charge on any atom is -0.494 e. The van der Waals surface area contributed by atoms with E-state index in [0.717, 1.165) is 54.7 Å². The molecule has 4 heteroatoms. The molecule has 0 fully saturated rings. The van der Waals surface area contributed by atoms with Crippen molar-refractivity contribution < 1.29 is 19.0 Å². The van der Waals surface area contributed by atoms with E-state index in [2.05, 4.69) is 38.1 Å². The first-order chi connectivity index (χ1) is 16.5. The Bertz CT molecular complexity index is 798. The number of ether oxygens (including phenoxy) is 3. The van der Waals surface area contributed by atoms with Crippen LogP contribution in [0.1, 0.15) is 97.1 Å². The van der Waals surface area contributed by atoms with Crippen LogP contribution >= 0.6 is 0 Å². The van der Waals surface area contributed by atoms with Gasteiger partial charge in [-0.05, 0) is 55.5 Å². The van der Waals surface area contributed by atoms with Crippen LogP contribution in [-0.2, 0) is 14.3 Å². The Kier molecular flexibility index (Phi) is 13.4. The quantitative estimate of drug-likeness (QED) is 0.173. The lowest BCUT2D eigenvalue weighted by Crippen LogP contribution is -2.25. The largest absolute Gasteiger partial charge is 0.494 e. The van der Waals surface area contributed by atoms with Crippen LogP contribution in [0.25, 0.3) is 11.1 Å². The zero-order valence-electron chi connectivity index (χ0n) is 21.7. The van der Waals surface area contributed by atoms with E-state index >= 15 is 0 Å². The summed E-state index contributed by atoms with van der Waals surface area (Å²) in [7, 11) is 0. The van der Waals surface area contributed by atoms with E-state index < -0.39 is 6.10 Å². The number of carbonyl (C=O) groups is 1. The molecule has 2 atom stereocenters. The van der Waals surface area contributed by atoms with E-state index in [1.54, 1.807) is 6.92 Å². The predicted octanol–water partition coefficient (Wildman–Crippen LogP) is 8.29. The number of carbonyl (C=O) groups excluding carboxylic acids is 1. The van der Waals surface area contributed by atoms with Crippen LogP contribution in [0.4, 0.5) is 0 Å². The van der Waals surface area contributed by atoms with Crippen LogP contribution in [0.15, 0.2) is 48.5 Å². The highest BCUT2D eigenvalue weighted by atomic mass is 16.6. The van der Waals surface area contributed by atoms with E-state index in [4.69, 9.17) is 14.2 Å². The SMILES string of the molecule is CCCCCCCCOc1ccc(-c2ccc(C(C)OC(=O)C(C)OCCCCC)cc2)cc1. The molecule has 0 N–H and O–H groups in total. The van der Waals surface area contributed by atoms with Gasteiger partial charge in [-0.15, -0.1) is 0 Å². The summed E-state index contributed by atoms with van der Waals surface area (Å²) in [5.74, 6) is 0.602. The van der Waals surface area contributed by atoms with E-state index in [1.165, 1.54) is 32.1 Å². The lowest BCUT2D eigenvalue weighted by Gasteiger charge is -2.18. The zero-order chi connectivity index (χ0) is 24.6. The maximum absolute atomic E-state index is 12.3. The summed E-state index contributed by atoms with van der Waals surface area (Å²) in [6, 6.07) is 16.4. The molecular formula is C30H44O4. The van der Waals surface area contributed by atoms with Gasteiger partial charge in [-0.25, -0.2) is 4.79 Å². The van der Waals surface area contributed by atoms with Crippen molar-refractivity contribution in [3.05, 3.63) is 54.1 Å². The Hall–Kier alpha value is -2.33. The van der Waals surface area contributed by atoms with E-state index in [-0.39, 0.29) is 12.1 Å². The fraction of sp³-hybridized carbons (Fsp3) is 0.567.